The van der Waals surface area contributed by atoms with Crippen LogP contribution >= 0.6 is 0 Å². The van der Waals surface area contributed by atoms with E-state index in [9.17, 15) is 0 Å². The predicted molar refractivity (Wildman–Crippen MR) is 89.8 cm³/mol. The van der Waals surface area contributed by atoms with Crippen LogP contribution in [0.15, 0.2) is 72.3 Å². The van der Waals surface area contributed by atoms with E-state index in [0.717, 1.165) is 18.4 Å². The maximum atomic E-state index is 3.29. The van der Waals surface area contributed by atoms with Crippen LogP contribution < -0.4 is 0 Å². The lowest BCUT2D eigenvalue weighted by atomic mass is 9.93. The van der Waals surface area contributed by atoms with Crippen LogP contribution in [0.25, 0.3) is 5.57 Å². The quantitative estimate of drug-likeness (QED) is 0.629. The van der Waals surface area contributed by atoms with Gasteiger partial charge in [0.05, 0.1) is 0 Å². The molecular weight excluding hydrogens is 252 g/mol. The first kappa shape index (κ1) is 13.5. The van der Waals surface area contributed by atoms with Crippen molar-refractivity contribution in [1.82, 2.24) is 0 Å². The number of allylic oxidation sites excluding steroid dienone is 4. The van der Waals surface area contributed by atoms with E-state index in [0.29, 0.717) is 0 Å². The molecular formula is C21H18. The number of aryl methyl sites for hydroxylation is 1. The summed E-state index contributed by atoms with van der Waals surface area (Å²) in [6.45, 7) is 2.12. The average molecular weight is 270 g/mol. The van der Waals surface area contributed by atoms with Gasteiger partial charge >= 0.3 is 0 Å². The molecule has 1 aliphatic carbocycles. The fourth-order valence-electron chi connectivity index (χ4n) is 2.42. The maximum absolute atomic E-state index is 3.29. The molecule has 2 aromatic rings. The molecule has 1 aliphatic rings. The summed E-state index contributed by atoms with van der Waals surface area (Å²) in [5, 5.41) is 0. The lowest BCUT2D eigenvalue weighted by Gasteiger charge is -2.12. The highest BCUT2D eigenvalue weighted by Crippen LogP contribution is 2.26. The van der Waals surface area contributed by atoms with E-state index < -0.39 is 0 Å². The van der Waals surface area contributed by atoms with Crippen molar-refractivity contribution in [1.29, 1.82) is 0 Å². The molecule has 0 saturated heterocycles. The van der Waals surface area contributed by atoms with Gasteiger partial charge < -0.3 is 0 Å². The normalized spacial score (nSPS) is 13.8. The Bertz CT molecular complexity index is 732. The van der Waals surface area contributed by atoms with Crippen LogP contribution in [-0.4, -0.2) is 0 Å². The molecule has 0 nitrogen and oxygen atoms in total. The standard InChI is InChI=1S/C21H18/c1-17-7-13-20(14-8-17)21-15-11-19(12-16-21)10-9-18-5-3-2-4-6-18/h2-8,11,13-15H,12,16H2,1H3. The van der Waals surface area contributed by atoms with Crippen molar-refractivity contribution >= 4 is 5.57 Å². The van der Waals surface area contributed by atoms with Gasteiger partial charge in [0.15, 0.2) is 0 Å². The van der Waals surface area contributed by atoms with Crippen LogP contribution in [0.3, 0.4) is 0 Å². The Kier molecular flexibility index (Phi) is 4.03. The molecule has 0 heteroatoms. The fraction of sp³-hybridized carbons (Fsp3) is 0.143. The zero-order valence-corrected chi connectivity index (χ0v) is 12.3. The zero-order valence-electron chi connectivity index (χ0n) is 12.3. The zero-order chi connectivity index (χ0) is 14.5. The molecule has 0 saturated carbocycles. The summed E-state index contributed by atoms with van der Waals surface area (Å²) in [6.07, 6.45) is 6.47. The van der Waals surface area contributed by atoms with Gasteiger partial charge in [-0.15, -0.1) is 0 Å². The Morgan fingerprint density at radius 2 is 1.52 bits per heavy atom. The molecule has 0 radical (unpaired) electrons. The Balaban J connectivity index is 1.77. The second kappa shape index (κ2) is 6.29. The first-order chi connectivity index (χ1) is 10.3. The second-order valence-corrected chi connectivity index (χ2v) is 5.37. The molecule has 21 heavy (non-hydrogen) atoms. The number of hydrogen-bond acceptors (Lipinski definition) is 0. The lowest BCUT2D eigenvalue weighted by molar-refractivity contribution is 1.02. The summed E-state index contributed by atoms with van der Waals surface area (Å²) in [6, 6.07) is 18.9. The summed E-state index contributed by atoms with van der Waals surface area (Å²) in [4.78, 5) is 0. The van der Waals surface area contributed by atoms with Gasteiger partial charge in [0.2, 0.25) is 0 Å². The molecule has 0 spiro atoms. The van der Waals surface area contributed by atoms with Crippen molar-refractivity contribution in [3.05, 3.63) is 89.0 Å². The Morgan fingerprint density at radius 3 is 2.19 bits per heavy atom. The highest BCUT2D eigenvalue weighted by atomic mass is 14.1. The van der Waals surface area contributed by atoms with E-state index in [-0.39, 0.29) is 0 Å². The van der Waals surface area contributed by atoms with Crippen molar-refractivity contribution in [3.8, 4) is 11.8 Å². The van der Waals surface area contributed by atoms with Crippen molar-refractivity contribution in [2.45, 2.75) is 19.8 Å². The van der Waals surface area contributed by atoms with E-state index in [1.54, 1.807) is 0 Å². The van der Waals surface area contributed by atoms with Gasteiger partial charge in [-0.1, -0.05) is 72.0 Å². The van der Waals surface area contributed by atoms with E-state index in [1.807, 2.05) is 30.3 Å². The lowest BCUT2D eigenvalue weighted by Crippen LogP contribution is -1.92. The molecule has 102 valence electrons. The first-order valence-corrected chi connectivity index (χ1v) is 7.35. The SMILES string of the molecule is Cc1ccc(C2=CC=C(C#Cc3ccccc3)CC2)cc1. The van der Waals surface area contributed by atoms with Crippen LogP contribution in [0.5, 0.6) is 0 Å². The van der Waals surface area contributed by atoms with Crippen LogP contribution in [0.1, 0.15) is 29.5 Å². The largest absolute Gasteiger partial charge is 0.0661 e. The maximum Gasteiger partial charge on any atom is 0.0248 e. The molecule has 0 fully saturated rings. The van der Waals surface area contributed by atoms with Crippen LogP contribution in [0.4, 0.5) is 0 Å². The number of benzene rings is 2. The molecule has 0 bridgehead atoms. The third kappa shape index (κ3) is 3.52. The summed E-state index contributed by atoms with van der Waals surface area (Å²) in [7, 11) is 0. The average Bonchev–Trinajstić information content (AvgIpc) is 2.55. The molecule has 0 heterocycles. The molecule has 0 aliphatic heterocycles. The van der Waals surface area contributed by atoms with Gasteiger partial charge in [-0.25, -0.2) is 0 Å². The summed E-state index contributed by atoms with van der Waals surface area (Å²) >= 11 is 0. The molecule has 3 rings (SSSR count). The van der Waals surface area contributed by atoms with E-state index in [1.165, 1.54) is 22.3 Å². The van der Waals surface area contributed by atoms with Crippen LogP contribution in [0, 0.1) is 18.8 Å². The monoisotopic (exact) mass is 270 g/mol. The molecule has 0 unspecified atom stereocenters. The Labute approximate surface area is 126 Å². The third-order valence-electron chi connectivity index (χ3n) is 3.71. The van der Waals surface area contributed by atoms with Gasteiger partial charge in [0, 0.05) is 11.1 Å². The summed E-state index contributed by atoms with van der Waals surface area (Å²) in [5.74, 6) is 6.51. The second-order valence-electron chi connectivity index (χ2n) is 5.37. The first-order valence-electron chi connectivity index (χ1n) is 7.35. The molecule has 0 N–H and O–H groups in total. The Hall–Kier alpha value is -2.52. The van der Waals surface area contributed by atoms with Crippen molar-refractivity contribution in [3.63, 3.8) is 0 Å². The van der Waals surface area contributed by atoms with Gasteiger partial charge in [-0.05, 0) is 43.0 Å². The van der Waals surface area contributed by atoms with E-state index >= 15 is 0 Å². The molecule has 0 amide bonds. The molecule has 0 atom stereocenters. The van der Waals surface area contributed by atoms with Gasteiger partial charge in [-0.3, -0.25) is 0 Å². The highest BCUT2D eigenvalue weighted by molar-refractivity contribution is 5.69. The number of rotatable bonds is 1. The van der Waals surface area contributed by atoms with Crippen LogP contribution in [0.2, 0.25) is 0 Å². The fourth-order valence-corrected chi connectivity index (χ4v) is 2.42. The summed E-state index contributed by atoms with van der Waals surface area (Å²) < 4.78 is 0. The molecule has 2 aromatic carbocycles. The van der Waals surface area contributed by atoms with Gasteiger partial charge in [0.25, 0.3) is 0 Å². The predicted octanol–water partition coefficient (Wildman–Crippen LogP) is 5.15. The molecule has 0 aromatic heterocycles. The minimum absolute atomic E-state index is 1.03. The van der Waals surface area contributed by atoms with Crippen molar-refractivity contribution in [2.75, 3.05) is 0 Å². The van der Waals surface area contributed by atoms with Gasteiger partial charge in [0.1, 0.15) is 0 Å². The minimum Gasteiger partial charge on any atom is -0.0661 e. The van der Waals surface area contributed by atoms with Crippen molar-refractivity contribution in [2.24, 2.45) is 0 Å². The van der Waals surface area contributed by atoms with Crippen molar-refractivity contribution < 1.29 is 0 Å². The van der Waals surface area contributed by atoms with E-state index in [2.05, 4.69) is 55.2 Å². The number of hydrogen-bond donors (Lipinski definition) is 0. The Morgan fingerprint density at radius 1 is 0.762 bits per heavy atom. The smallest absolute Gasteiger partial charge is 0.0248 e. The third-order valence-corrected chi connectivity index (χ3v) is 3.71. The summed E-state index contributed by atoms with van der Waals surface area (Å²) in [5.41, 5.74) is 6.33. The highest BCUT2D eigenvalue weighted by Gasteiger charge is 2.06. The van der Waals surface area contributed by atoms with Crippen LogP contribution in [-0.2, 0) is 0 Å². The topological polar surface area (TPSA) is 0 Å². The van der Waals surface area contributed by atoms with Gasteiger partial charge in [-0.2, -0.15) is 0 Å². The minimum atomic E-state index is 1.03. The van der Waals surface area contributed by atoms with E-state index in [4.69, 9.17) is 0 Å².